The third-order valence-electron chi connectivity index (χ3n) is 2.92. The Hall–Kier alpha value is -0.643. The molecule has 1 aromatic carbocycles. The van der Waals surface area contributed by atoms with E-state index in [4.69, 9.17) is 8.85 Å². The van der Waals surface area contributed by atoms with Crippen LogP contribution in [0, 0.1) is 0 Å². The molecule has 1 aromatic rings. The van der Waals surface area contributed by atoms with Gasteiger partial charge in [0.2, 0.25) is 0 Å². The largest absolute Gasteiger partial charge is 0.399 e. The number of hydrogen-bond acceptors (Lipinski definition) is 2. The van der Waals surface area contributed by atoms with Gasteiger partial charge in [-0.05, 0) is 25.3 Å². The number of hydrogen-bond donors (Lipinski definition) is 0. The molecule has 3 heteroatoms. The highest BCUT2D eigenvalue weighted by Crippen LogP contribution is 2.29. The third-order valence-corrected chi connectivity index (χ3v) is 4.13. The van der Waals surface area contributed by atoms with Crippen molar-refractivity contribution in [1.29, 1.82) is 0 Å². The normalized spacial score (nSPS) is 15.2. The van der Waals surface area contributed by atoms with Crippen LogP contribution in [0.4, 0.5) is 0 Å². The lowest BCUT2D eigenvalue weighted by molar-refractivity contribution is 0.0523. The molecular formula is C14H24O2Si. The van der Waals surface area contributed by atoms with Crippen molar-refractivity contribution >= 4 is 10.0 Å². The Bertz CT molecular complexity index is 302. The molecule has 0 bridgehead atoms. The zero-order valence-corrected chi connectivity index (χ0v) is 12.7. The van der Waals surface area contributed by atoms with E-state index in [1.54, 1.807) is 0 Å². The maximum atomic E-state index is 6.07. The summed E-state index contributed by atoms with van der Waals surface area (Å²) in [6.07, 6.45) is 3.22. The lowest BCUT2D eigenvalue weighted by Crippen LogP contribution is -2.28. The predicted molar refractivity (Wildman–Crippen MR) is 74.6 cm³/mol. The van der Waals surface area contributed by atoms with Gasteiger partial charge < -0.3 is 8.85 Å². The number of benzene rings is 1. The summed E-state index contributed by atoms with van der Waals surface area (Å²) in [5, 5.41) is 0. The maximum absolute atomic E-state index is 6.07. The van der Waals surface area contributed by atoms with Crippen molar-refractivity contribution in [2.45, 2.75) is 45.6 Å². The van der Waals surface area contributed by atoms with E-state index in [1.165, 1.54) is 5.56 Å². The second-order valence-corrected chi connectivity index (χ2v) is 5.45. The predicted octanol–water partition coefficient (Wildman–Crippen LogP) is 3.14. The fourth-order valence-electron chi connectivity index (χ4n) is 1.94. The van der Waals surface area contributed by atoms with E-state index in [2.05, 4.69) is 45.0 Å². The topological polar surface area (TPSA) is 18.5 Å². The molecule has 0 aromatic heterocycles. The van der Waals surface area contributed by atoms with Crippen LogP contribution in [-0.4, -0.2) is 16.6 Å². The molecule has 0 aliphatic carbocycles. The van der Waals surface area contributed by atoms with Crippen LogP contribution in [0.3, 0.4) is 0 Å². The van der Waals surface area contributed by atoms with Gasteiger partial charge in [0.15, 0.2) is 0 Å². The molecule has 0 N–H and O–H groups in total. The van der Waals surface area contributed by atoms with Crippen LogP contribution in [0.2, 0.25) is 0 Å². The highest BCUT2D eigenvalue weighted by atomic mass is 28.3. The SMILES string of the molecule is CCCO[SiH2]OC(C)(CCC)c1ccccc1. The molecule has 1 unspecified atom stereocenters. The standard InChI is InChI=1S/C14H24O2Si/c1-4-11-14(3,16-17-15-12-5-2)13-9-7-6-8-10-13/h6-10H,4-5,11-12,17H2,1-3H3. The first-order valence-electron chi connectivity index (χ1n) is 6.50. The van der Waals surface area contributed by atoms with E-state index in [-0.39, 0.29) is 5.60 Å². The minimum atomic E-state index is -0.868. The molecule has 0 aliphatic heterocycles. The van der Waals surface area contributed by atoms with Crippen LogP contribution in [0.15, 0.2) is 30.3 Å². The van der Waals surface area contributed by atoms with E-state index < -0.39 is 10.0 Å². The highest BCUT2D eigenvalue weighted by molar-refractivity contribution is 6.18. The zero-order chi connectivity index (χ0) is 12.6. The van der Waals surface area contributed by atoms with Gasteiger partial charge in [-0.1, -0.05) is 50.6 Å². The molecule has 96 valence electrons. The molecule has 17 heavy (non-hydrogen) atoms. The molecule has 0 spiro atoms. The molecule has 0 saturated carbocycles. The lowest BCUT2D eigenvalue weighted by atomic mass is 9.92. The van der Waals surface area contributed by atoms with Crippen molar-refractivity contribution in [3.05, 3.63) is 35.9 Å². The Morgan fingerprint density at radius 1 is 1.12 bits per heavy atom. The van der Waals surface area contributed by atoms with Crippen LogP contribution >= 0.6 is 0 Å². The van der Waals surface area contributed by atoms with E-state index in [1.807, 2.05) is 6.07 Å². The van der Waals surface area contributed by atoms with Gasteiger partial charge in [0.1, 0.15) is 0 Å². The molecule has 0 saturated heterocycles. The van der Waals surface area contributed by atoms with Gasteiger partial charge in [-0.15, -0.1) is 0 Å². The van der Waals surface area contributed by atoms with Crippen molar-refractivity contribution in [1.82, 2.24) is 0 Å². The molecule has 0 radical (unpaired) electrons. The van der Waals surface area contributed by atoms with E-state index >= 15 is 0 Å². The second-order valence-electron chi connectivity index (χ2n) is 4.52. The smallest absolute Gasteiger partial charge is 0.305 e. The lowest BCUT2D eigenvalue weighted by Gasteiger charge is -2.30. The van der Waals surface area contributed by atoms with Gasteiger partial charge in [0.25, 0.3) is 0 Å². The van der Waals surface area contributed by atoms with Crippen LogP contribution in [0.25, 0.3) is 0 Å². The summed E-state index contributed by atoms with van der Waals surface area (Å²) >= 11 is 0. The quantitative estimate of drug-likeness (QED) is 0.523. The molecular weight excluding hydrogens is 228 g/mol. The first kappa shape index (κ1) is 14.4. The molecule has 2 nitrogen and oxygen atoms in total. The summed E-state index contributed by atoms with van der Waals surface area (Å²) in [5.41, 5.74) is 1.09. The van der Waals surface area contributed by atoms with E-state index in [9.17, 15) is 0 Å². The van der Waals surface area contributed by atoms with Crippen LogP contribution in [-0.2, 0) is 14.5 Å². The molecule has 1 rings (SSSR count). The van der Waals surface area contributed by atoms with Crippen molar-refractivity contribution in [3.8, 4) is 0 Å². The zero-order valence-electron chi connectivity index (χ0n) is 11.2. The minimum Gasteiger partial charge on any atom is -0.399 e. The molecule has 0 aliphatic rings. The Kier molecular flexibility index (Phi) is 6.48. The monoisotopic (exact) mass is 252 g/mol. The number of rotatable bonds is 8. The fraction of sp³-hybridized carbons (Fsp3) is 0.571. The summed E-state index contributed by atoms with van der Waals surface area (Å²) in [4.78, 5) is 0. The minimum absolute atomic E-state index is 0.171. The summed E-state index contributed by atoms with van der Waals surface area (Å²) < 4.78 is 11.6. The fourth-order valence-corrected chi connectivity index (χ4v) is 3.00. The first-order chi connectivity index (χ1) is 8.23. The van der Waals surface area contributed by atoms with Gasteiger partial charge in [-0.3, -0.25) is 0 Å². The van der Waals surface area contributed by atoms with Crippen LogP contribution < -0.4 is 0 Å². The van der Waals surface area contributed by atoms with Gasteiger partial charge in [0.05, 0.1) is 5.60 Å². The van der Waals surface area contributed by atoms with Crippen molar-refractivity contribution < 1.29 is 8.85 Å². The summed E-state index contributed by atoms with van der Waals surface area (Å²) in [5.74, 6) is 0. The first-order valence-corrected chi connectivity index (χ1v) is 7.65. The van der Waals surface area contributed by atoms with Gasteiger partial charge >= 0.3 is 10.0 Å². The molecule has 0 fully saturated rings. The molecule has 1 atom stereocenters. The third kappa shape index (κ3) is 4.62. The highest BCUT2D eigenvalue weighted by Gasteiger charge is 2.25. The van der Waals surface area contributed by atoms with E-state index in [0.717, 1.165) is 25.9 Å². The average Bonchev–Trinajstić information content (AvgIpc) is 2.36. The Labute approximate surface area is 107 Å². The van der Waals surface area contributed by atoms with Crippen LogP contribution in [0.5, 0.6) is 0 Å². The van der Waals surface area contributed by atoms with E-state index in [0.29, 0.717) is 0 Å². The van der Waals surface area contributed by atoms with Crippen molar-refractivity contribution in [3.63, 3.8) is 0 Å². The molecule has 0 heterocycles. The van der Waals surface area contributed by atoms with Crippen molar-refractivity contribution in [2.24, 2.45) is 0 Å². The van der Waals surface area contributed by atoms with Gasteiger partial charge in [-0.25, -0.2) is 0 Å². The van der Waals surface area contributed by atoms with Gasteiger partial charge in [0, 0.05) is 6.61 Å². The Morgan fingerprint density at radius 3 is 2.41 bits per heavy atom. The summed E-state index contributed by atoms with van der Waals surface area (Å²) in [7, 11) is -0.868. The summed E-state index contributed by atoms with van der Waals surface area (Å²) in [6.45, 7) is 7.31. The van der Waals surface area contributed by atoms with Gasteiger partial charge in [-0.2, -0.15) is 0 Å². The second kappa shape index (κ2) is 7.64. The Morgan fingerprint density at radius 2 is 1.82 bits per heavy atom. The van der Waals surface area contributed by atoms with Crippen LogP contribution in [0.1, 0.15) is 45.6 Å². The Balaban J connectivity index is 2.62. The summed E-state index contributed by atoms with van der Waals surface area (Å²) in [6, 6.07) is 10.5. The molecule has 0 amide bonds. The maximum Gasteiger partial charge on any atom is 0.305 e. The van der Waals surface area contributed by atoms with Crippen molar-refractivity contribution in [2.75, 3.05) is 6.61 Å². The average molecular weight is 252 g/mol.